The van der Waals surface area contributed by atoms with Crippen molar-refractivity contribution >= 4 is 23.4 Å². The summed E-state index contributed by atoms with van der Waals surface area (Å²) in [6.07, 6.45) is 5.35. The lowest BCUT2D eigenvalue weighted by Gasteiger charge is -2.04. The summed E-state index contributed by atoms with van der Waals surface area (Å²) in [5, 5.41) is 5.13. The van der Waals surface area contributed by atoms with Crippen LogP contribution in [0.15, 0.2) is 23.6 Å². The highest BCUT2D eigenvalue weighted by Gasteiger charge is 2.07. The Labute approximate surface area is 115 Å². The van der Waals surface area contributed by atoms with E-state index in [9.17, 15) is 0 Å². The van der Waals surface area contributed by atoms with Gasteiger partial charge in [-0.15, -0.1) is 0 Å². The van der Waals surface area contributed by atoms with Crippen molar-refractivity contribution in [1.82, 2.24) is 19.7 Å². The molecule has 0 aliphatic rings. The number of ether oxygens (including phenoxy) is 1. The summed E-state index contributed by atoms with van der Waals surface area (Å²) in [7, 11) is 0. The molecule has 7 heteroatoms. The van der Waals surface area contributed by atoms with Gasteiger partial charge in [0.05, 0.1) is 12.4 Å². The van der Waals surface area contributed by atoms with Crippen molar-refractivity contribution in [2.75, 3.05) is 6.26 Å². The second kappa shape index (κ2) is 5.58. The topological polar surface area (TPSA) is 52.8 Å². The zero-order valence-corrected chi connectivity index (χ0v) is 11.9. The van der Waals surface area contributed by atoms with Gasteiger partial charge in [0, 0.05) is 12.1 Å². The SMILES string of the molecule is CSc1nc(Cl)cc(Oc2cnn(C(C)C)c2)n1. The molecule has 2 aromatic rings. The van der Waals surface area contributed by atoms with Gasteiger partial charge in [0.15, 0.2) is 10.9 Å². The summed E-state index contributed by atoms with van der Waals surface area (Å²) in [6, 6.07) is 1.87. The van der Waals surface area contributed by atoms with Crippen LogP contribution in [0, 0.1) is 0 Å². The molecule has 0 aliphatic heterocycles. The van der Waals surface area contributed by atoms with Gasteiger partial charge >= 0.3 is 0 Å². The molecule has 2 heterocycles. The maximum absolute atomic E-state index is 5.89. The first kappa shape index (κ1) is 13.2. The summed E-state index contributed by atoms with van der Waals surface area (Å²) in [5.74, 6) is 1.05. The van der Waals surface area contributed by atoms with Crippen molar-refractivity contribution in [3.05, 3.63) is 23.6 Å². The first-order valence-corrected chi connectivity index (χ1v) is 6.99. The van der Waals surface area contributed by atoms with E-state index >= 15 is 0 Å². The molecule has 2 aromatic heterocycles. The average Bonchev–Trinajstić information content (AvgIpc) is 2.76. The van der Waals surface area contributed by atoms with Gasteiger partial charge in [-0.05, 0) is 20.1 Å². The summed E-state index contributed by atoms with van der Waals surface area (Å²) < 4.78 is 7.41. The van der Waals surface area contributed by atoms with Gasteiger partial charge in [-0.25, -0.2) is 4.98 Å². The number of hydrogen-bond acceptors (Lipinski definition) is 5. The van der Waals surface area contributed by atoms with Crippen LogP contribution in [-0.2, 0) is 0 Å². The predicted molar refractivity (Wildman–Crippen MR) is 71.5 cm³/mol. The van der Waals surface area contributed by atoms with Crippen LogP contribution in [0.1, 0.15) is 19.9 Å². The van der Waals surface area contributed by atoms with Crippen molar-refractivity contribution in [3.8, 4) is 11.6 Å². The molecule has 18 heavy (non-hydrogen) atoms. The third-order valence-corrected chi connectivity index (χ3v) is 2.90. The van der Waals surface area contributed by atoms with E-state index < -0.39 is 0 Å². The fraction of sp³-hybridized carbons (Fsp3) is 0.364. The largest absolute Gasteiger partial charge is 0.436 e. The van der Waals surface area contributed by atoms with Crippen molar-refractivity contribution in [2.45, 2.75) is 25.0 Å². The molecule has 2 rings (SSSR count). The Morgan fingerprint density at radius 2 is 2.17 bits per heavy atom. The molecule has 0 N–H and O–H groups in total. The summed E-state index contributed by atoms with van der Waals surface area (Å²) in [5.41, 5.74) is 0. The Kier molecular flexibility index (Phi) is 4.08. The quantitative estimate of drug-likeness (QED) is 0.489. The Balaban J connectivity index is 2.19. The van der Waals surface area contributed by atoms with Gasteiger partial charge < -0.3 is 4.74 Å². The average molecular weight is 285 g/mol. The molecule has 5 nitrogen and oxygen atoms in total. The number of nitrogens with zero attached hydrogens (tertiary/aromatic N) is 4. The molecule has 0 atom stereocenters. The maximum atomic E-state index is 5.89. The molecular weight excluding hydrogens is 272 g/mol. The Hall–Kier alpha value is -1.27. The van der Waals surface area contributed by atoms with Crippen LogP contribution in [0.4, 0.5) is 0 Å². The minimum absolute atomic E-state index is 0.290. The van der Waals surface area contributed by atoms with Crippen molar-refractivity contribution in [1.29, 1.82) is 0 Å². The van der Waals surface area contributed by atoms with Crippen molar-refractivity contribution in [2.24, 2.45) is 0 Å². The third kappa shape index (κ3) is 3.14. The van der Waals surface area contributed by atoms with Gasteiger partial charge in [-0.1, -0.05) is 23.4 Å². The van der Waals surface area contributed by atoms with E-state index in [1.54, 1.807) is 12.3 Å². The first-order chi connectivity index (χ1) is 8.58. The van der Waals surface area contributed by atoms with E-state index in [1.165, 1.54) is 11.8 Å². The molecule has 0 saturated heterocycles. The molecule has 0 radical (unpaired) electrons. The van der Waals surface area contributed by atoms with E-state index in [4.69, 9.17) is 16.3 Å². The lowest BCUT2D eigenvalue weighted by atomic mass is 10.4. The van der Waals surface area contributed by atoms with Crippen LogP contribution in [0.3, 0.4) is 0 Å². The molecule has 0 aromatic carbocycles. The van der Waals surface area contributed by atoms with Gasteiger partial charge in [-0.2, -0.15) is 10.1 Å². The third-order valence-electron chi connectivity index (χ3n) is 2.16. The predicted octanol–water partition coefficient (Wildman–Crippen LogP) is 3.42. The molecular formula is C11H13ClN4OS. The Bertz CT molecular complexity index is 544. The first-order valence-electron chi connectivity index (χ1n) is 5.39. The van der Waals surface area contributed by atoms with Gasteiger partial charge in [-0.3, -0.25) is 4.68 Å². The maximum Gasteiger partial charge on any atom is 0.224 e. The number of halogens is 1. The van der Waals surface area contributed by atoms with E-state index in [-0.39, 0.29) is 6.04 Å². The van der Waals surface area contributed by atoms with E-state index in [0.29, 0.717) is 21.9 Å². The van der Waals surface area contributed by atoms with E-state index in [0.717, 1.165) is 0 Å². The smallest absolute Gasteiger partial charge is 0.224 e. The van der Waals surface area contributed by atoms with Crippen LogP contribution in [0.5, 0.6) is 11.6 Å². The van der Waals surface area contributed by atoms with Crippen LogP contribution >= 0.6 is 23.4 Å². The minimum Gasteiger partial charge on any atom is -0.436 e. The molecule has 96 valence electrons. The highest BCUT2D eigenvalue weighted by atomic mass is 35.5. The fourth-order valence-corrected chi connectivity index (χ4v) is 1.89. The minimum atomic E-state index is 0.290. The normalized spacial score (nSPS) is 10.9. The van der Waals surface area contributed by atoms with Crippen molar-refractivity contribution in [3.63, 3.8) is 0 Å². The zero-order chi connectivity index (χ0) is 13.1. The number of thioether (sulfide) groups is 1. The van der Waals surface area contributed by atoms with E-state index in [2.05, 4.69) is 15.1 Å². The fourth-order valence-electron chi connectivity index (χ4n) is 1.30. The Morgan fingerprint density at radius 1 is 1.39 bits per heavy atom. The van der Waals surface area contributed by atoms with Gasteiger partial charge in [0.25, 0.3) is 0 Å². The molecule has 0 aliphatic carbocycles. The van der Waals surface area contributed by atoms with Gasteiger partial charge in [0.2, 0.25) is 5.88 Å². The molecule has 0 saturated carbocycles. The second-order valence-electron chi connectivity index (χ2n) is 3.87. The second-order valence-corrected chi connectivity index (χ2v) is 5.03. The molecule has 0 bridgehead atoms. The number of rotatable bonds is 4. The van der Waals surface area contributed by atoms with Crippen molar-refractivity contribution < 1.29 is 4.74 Å². The van der Waals surface area contributed by atoms with Gasteiger partial charge in [0.1, 0.15) is 5.15 Å². The summed E-state index contributed by atoms with van der Waals surface area (Å²) in [4.78, 5) is 8.25. The Morgan fingerprint density at radius 3 is 2.78 bits per heavy atom. The lowest BCUT2D eigenvalue weighted by Crippen LogP contribution is -1.99. The van der Waals surface area contributed by atoms with Crippen LogP contribution in [-0.4, -0.2) is 26.0 Å². The zero-order valence-electron chi connectivity index (χ0n) is 10.3. The monoisotopic (exact) mass is 284 g/mol. The number of hydrogen-bond donors (Lipinski definition) is 0. The van der Waals surface area contributed by atoms with Crippen LogP contribution in [0.2, 0.25) is 5.15 Å². The summed E-state index contributed by atoms with van der Waals surface area (Å²) in [6.45, 7) is 4.09. The molecule has 0 amide bonds. The molecule has 0 fully saturated rings. The molecule has 0 unspecified atom stereocenters. The number of aromatic nitrogens is 4. The van der Waals surface area contributed by atoms with Crippen LogP contribution < -0.4 is 4.74 Å². The van der Waals surface area contributed by atoms with E-state index in [1.807, 2.05) is 31.0 Å². The van der Waals surface area contributed by atoms with Crippen LogP contribution in [0.25, 0.3) is 0 Å². The summed E-state index contributed by atoms with van der Waals surface area (Å²) >= 11 is 7.30. The standard InChI is InChI=1S/C11H13ClN4OS/c1-7(2)16-6-8(5-13-16)17-10-4-9(12)14-11(15-10)18-3/h4-7H,1-3H3. The highest BCUT2D eigenvalue weighted by molar-refractivity contribution is 7.98. The molecule has 0 spiro atoms. The highest BCUT2D eigenvalue weighted by Crippen LogP contribution is 2.24. The lowest BCUT2D eigenvalue weighted by molar-refractivity contribution is 0.452.